The fraction of sp³-hybridized carbons (Fsp3) is 0.652. The average molecular weight is 834 g/mol. The zero-order valence-corrected chi connectivity index (χ0v) is 36.3. The monoisotopic (exact) mass is 832 g/mol. The van der Waals surface area contributed by atoms with Gasteiger partial charge in [0, 0.05) is 81.7 Å². The van der Waals surface area contributed by atoms with E-state index in [9.17, 15) is 8.42 Å². The molecule has 5 aliphatic heterocycles. The highest BCUT2D eigenvalue weighted by atomic mass is 35.5. The topological polar surface area (TPSA) is 96.1 Å². The number of aryl methyl sites for hydroxylation is 1. The van der Waals surface area contributed by atoms with Crippen LogP contribution in [0.5, 0.6) is 5.75 Å². The highest BCUT2D eigenvalue weighted by molar-refractivity contribution is 7.90. The largest absolute Gasteiger partial charge is 0.490 e. The SMILES string of the molecule is CO[C@@]1(C#CCCN2CCN3CCOC[C@@H]3C2)/C=C/C[C@H](C)[C@@H](C)S(=O)(=O)NC2OC2c2ccc3c(c2)N(CC2(C)CC[C@H]21)C[C@@]1(CCCc2cc(Cl)ccc21)CO3. The van der Waals surface area contributed by atoms with Gasteiger partial charge in [-0.2, -0.15) is 4.72 Å². The Bertz CT molecular complexity index is 2070. The molecule has 2 aromatic rings. The molecule has 0 amide bonds. The summed E-state index contributed by atoms with van der Waals surface area (Å²) in [6.07, 6.45) is 9.79. The normalized spacial score (nSPS) is 37.8. The van der Waals surface area contributed by atoms with Crippen LogP contribution in [0.2, 0.25) is 5.02 Å². The number of morpholine rings is 1. The van der Waals surface area contributed by atoms with Crippen LogP contribution in [0, 0.1) is 29.1 Å². The van der Waals surface area contributed by atoms with Crippen LogP contribution >= 0.6 is 11.6 Å². The van der Waals surface area contributed by atoms with Crippen molar-refractivity contribution < 1.29 is 27.4 Å². The number of anilines is 1. The Morgan fingerprint density at radius 3 is 2.79 bits per heavy atom. The fourth-order valence-corrected chi connectivity index (χ4v) is 12.7. The minimum absolute atomic E-state index is 0.117. The van der Waals surface area contributed by atoms with Gasteiger partial charge in [-0.05, 0) is 104 Å². The number of allylic oxidation sites excluding steroid dienone is 1. The van der Waals surface area contributed by atoms with Crippen molar-refractivity contribution in [3.63, 3.8) is 0 Å². The number of benzene rings is 2. The molecule has 0 radical (unpaired) electrons. The van der Waals surface area contributed by atoms with Crippen LogP contribution in [0.3, 0.4) is 0 Å². The number of hydrogen-bond donors (Lipinski definition) is 1. The van der Waals surface area contributed by atoms with Gasteiger partial charge in [0.15, 0.2) is 6.23 Å². The molecule has 2 aromatic carbocycles. The first kappa shape index (κ1) is 40.7. The molecular formula is C46H61ClN4O6S. The Kier molecular flexibility index (Phi) is 11.2. The molecule has 0 aromatic heterocycles. The number of halogens is 1. The third kappa shape index (κ3) is 7.75. The number of hydrogen-bond acceptors (Lipinski definition) is 9. The van der Waals surface area contributed by atoms with Crippen molar-refractivity contribution in [1.29, 1.82) is 0 Å². The van der Waals surface area contributed by atoms with E-state index in [1.54, 1.807) is 14.0 Å². The quantitative estimate of drug-likeness (QED) is 0.217. The molecule has 12 heteroatoms. The lowest BCUT2D eigenvalue weighted by molar-refractivity contribution is -0.0824. The third-order valence-electron chi connectivity index (χ3n) is 14.9. The number of piperazine rings is 1. The third-order valence-corrected chi connectivity index (χ3v) is 17.2. The molecule has 10 nitrogen and oxygen atoms in total. The maximum atomic E-state index is 13.7. The van der Waals surface area contributed by atoms with Crippen LogP contribution < -0.4 is 14.4 Å². The van der Waals surface area contributed by atoms with E-state index in [1.807, 2.05) is 19.1 Å². The molecule has 7 aliphatic rings. The summed E-state index contributed by atoms with van der Waals surface area (Å²) >= 11 is 6.56. The van der Waals surface area contributed by atoms with Crippen molar-refractivity contribution in [2.24, 2.45) is 17.3 Å². The van der Waals surface area contributed by atoms with E-state index in [2.05, 4.69) is 74.6 Å². The van der Waals surface area contributed by atoms with E-state index in [4.69, 9.17) is 30.5 Å². The predicted octanol–water partition coefficient (Wildman–Crippen LogP) is 6.33. The van der Waals surface area contributed by atoms with Gasteiger partial charge in [0.25, 0.3) is 0 Å². The number of nitrogens with zero attached hydrogens (tertiary/aromatic N) is 3. The zero-order chi connectivity index (χ0) is 40.3. The van der Waals surface area contributed by atoms with Crippen molar-refractivity contribution in [2.45, 2.75) is 100 Å². The molecule has 1 spiro atoms. The predicted molar refractivity (Wildman–Crippen MR) is 228 cm³/mol. The van der Waals surface area contributed by atoms with Gasteiger partial charge in [0.1, 0.15) is 17.5 Å². The number of ether oxygens (including phenoxy) is 4. The molecule has 314 valence electrons. The van der Waals surface area contributed by atoms with Crippen molar-refractivity contribution in [3.8, 4) is 17.6 Å². The number of nitrogens with one attached hydrogen (secondary N) is 1. The summed E-state index contributed by atoms with van der Waals surface area (Å²) in [4.78, 5) is 7.66. The highest BCUT2D eigenvalue weighted by Gasteiger charge is 2.55. The molecule has 1 saturated carbocycles. The molecule has 3 saturated heterocycles. The number of fused-ring (bicyclic) bond motifs is 7. The van der Waals surface area contributed by atoms with E-state index in [0.29, 0.717) is 19.1 Å². The van der Waals surface area contributed by atoms with Gasteiger partial charge in [-0.1, -0.05) is 55.5 Å². The van der Waals surface area contributed by atoms with Gasteiger partial charge >= 0.3 is 0 Å². The number of methoxy groups -OCH3 is 1. The fourth-order valence-electron chi connectivity index (χ4n) is 11.0. The number of epoxide rings is 1. The molecule has 9 rings (SSSR count). The van der Waals surface area contributed by atoms with Crippen LogP contribution in [-0.4, -0.2) is 114 Å². The maximum Gasteiger partial charge on any atom is 0.216 e. The summed E-state index contributed by atoms with van der Waals surface area (Å²) in [7, 11) is -1.87. The van der Waals surface area contributed by atoms with E-state index in [1.165, 1.54) is 11.1 Å². The Balaban J connectivity index is 1.07. The van der Waals surface area contributed by atoms with E-state index in [0.717, 1.165) is 120 Å². The van der Waals surface area contributed by atoms with Crippen LogP contribution in [-0.2, 0) is 36.1 Å². The molecule has 3 unspecified atom stereocenters. The molecule has 1 N–H and O–H groups in total. The summed E-state index contributed by atoms with van der Waals surface area (Å²) in [5.74, 6) is 8.17. The highest BCUT2D eigenvalue weighted by Crippen LogP contribution is 2.56. The van der Waals surface area contributed by atoms with Gasteiger partial charge in [0.2, 0.25) is 10.0 Å². The van der Waals surface area contributed by atoms with Crippen molar-refractivity contribution in [2.75, 3.05) is 77.6 Å². The summed E-state index contributed by atoms with van der Waals surface area (Å²) in [6.45, 7) is 15.1. The molecular weight excluding hydrogens is 772 g/mol. The van der Waals surface area contributed by atoms with E-state index < -0.39 is 27.1 Å². The average Bonchev–Trinajstić information content (AvgIpc) is 3.99. The lowest BCUT2D eigenvalue weighted by Crippen LogP contribution is -2.58. The summed E-state index contributed by atoms with van der Waals surface area (Å²) in [6, 6.07) is 13.1. The molecule has 5 heterocycles. The standard InChI is InChI=1S/C46H61ClN4O6S/c1-32-9-7-18-46(54-4,17-5-6-20-49-21-22-50-23-24-55-28-37(50)27-49)41-15-19-44(41,3)29-51-30-45(16-8-10-34-25-36(47)12-13-38(34)45)31-56-40-14-11-35(26-39(40)51)42-43(57-42)48-58(52,53)33(32)2/h7,11-14,18,25-26,32-33,37,41-43,48H,6,8-10,15-16,19-24,27-31H2,1-4H3/b18-7+/t32-,33+,37-,41+,42?,43?,44?,45-,46-/m0/s1. The van der Waals surface area contributed by atoms with Crippen molar-refractivity contribution in [1.82, 2.24) is 14.5 Å². The van der Waals surface area contributed by atoms with Gasteiger partial charge < -0.3 is 23.8 Å². The first-order valence-corrected chi connectivity index (χ1v) is 23.6. The minimum Gasteiger partial charge on any atom is -0.490 e. The Morgan fingerprint density at radius 2 is 1.97 bits per heavy atom. The summed E-state index contributed by atoms with van der Waals surface area (Å²) < 4.78 is 55.6. The Labute approximate surface area is 351 Å². The molecule has 2 bridgehead atoms. The van der Waals surface area contributed by atoms with Crippen LogP contribution in [0.1, 0.15) is 82.1 Å². The summed E-state index contributed by atoms with van der Waals surface area (Å²) in [5, 5.41) is 0.152. The maximum absolute atomic E-state index is 13.7. The van der Waals surface area contributed by atoms with Gasteiger partial charge in [-0.25, -0.2) is 8.42 Å². The van der Waals surface area contributed by atoms with Gasteiger partial charge in [-0.15, -0.1) is 0 Å². The van der Waals surface area contributed by atoms with Crippen molar-refractivity contribution >= 4 is 27.3 Å². The zero-order valence-electron chi connectivity index (χ0n) is 34.7. The van der Waals surface area contributed by atoms with Crippen molar-refractivity contribution in [3.05, 3.63) is 70.3 Å². The number of sulfonamides is 1. The van der Waals surface area contributed by atoms with Crippen LogP contribution in [0.25, 0.3) is 0 Å². The lowest BCUT2D eigenvalue weighted by atomic mass is 9.54. The Morgan fingerprint density at radius 1 is 1.09 bits per heavy atom. The molecule has 9 atom stereocenters. The van der Waals surface area contributed by atoms with Crippen LogP contribution in [0.4, 0.5) is 5.69 Å². The molecule has 2 aliphatic carbocycles. The van der Waals surface area contributed by atoms with Gasteiger partial charge in [0.05, 0.1) is 30.8 Å². The van der Waals surface area contributed by atoms with E-state index in [-0.39, 0.29) is 28.8 Å². The first-order chi connectivity index (χ1) is 27.9. The smallest absolute Gasteiger partial charge is 0.216 e. The molecule has 58 heavy (non-hydrogen) atoms. The second-order valence-corrected chi connectivity index (χ2v) is 21.1. The second kappa shape index (κ2) is 16.0. The second-order valence-electron chi connectivity index (χ2n) is 18.6. The van der Waals surface area contributed by atoms with Gasteiger partial charge in [-0.3, -0.25) is 9.80 Å². The summed E-state index contributed by atoms with van der Waals surface area (Å²) in [5.41, 5.74) is 3.42. The lowest BCUT2D eigenvalue weighted by Gasteiger charge is -2.55. The molecule has 4 fully saturated rings. The van der Waals surface area contributed by atoms with Crippen LogP contribution in [0.15, 0.2) is 48.6 Å². The Hall–Kier alpha value is -2.66. The first-order valence-electron chi connectivity index (χ1n) is 21.7. The minimum atomic E-state index is -3.67. The van der Waals surface area contributed by atoms with E-state index >= 15 is 0 Å². The number of rotatable bonds is 3.